The molecular formula is C11H13BrN2O2S. The van der Waals surface area contributed by atoms with E-state index in [0.29, 0.717) is 16.4 Å². The van der Waals surface area contributed by atoms with Crippen molar-refractivity contribution in [1.82, 2.24) is 0 Å². The minimum absolute atomic E-state index is 0.101. The summed E-state index contributed by atoms with van der Waals surface area (Å²) in [6.07, 6.45) is 0. The molecule has 1 aromatic carbocycles. The van der Waals surface area contributed by atoms with Gasteiger partial charge in [0.05, 0.1) is 9.40 Å². The Labute approximate surface area is 112 Å². The molecule has 1 saturated heterocycles. The zero-order chi connectivity index (χ0) is 12.4. The molecule has 0 saturated carbocycles. The molecule has 0 spiro atoms. The third-order valence-electron chi connectivity index (χ3n) is 2.86. The van der Waals surface area contributed by atoms with Gasteiger partial charge in [0, 0.05) is 23.5 Å². The summed E-state index contributed by atoms with van der Waals surface area (Å²) in [5.41, 5.74) is 1.03. The Morgan fingerprint density at radius 2 is 2.29 bits per heavy atom. The molecule has 1 fully saturated rings. The molecule has 92 valence electrons. The molecule has 2 unspecified atom stereocenters. The molecule has 0 aromatic heterocycles. The zero-order valence-corrected chi connectivity index (χ0v) is 11.8. The molecule has 0 amide bonds. The second kappa shape index (κ2) is 5.27. The molecule has 1 aliphatic heterocycles. The van der Waals surface area contributed by atoms with Gasteiger partial charge in [-0.05, 0) is 39.7 Å². The highest BCUT2D eigenvalue weighted by molar-refractivity contribution is 9.10. The van der Waals surface area contributed by atoms with Gasteiger partial charge in [-0.3, -0.25) is 10.1 Å². The van der Waals surface area contributed by atoms with Gasteiger partial charge in [-0.1, -0.05) is 6.92 Å². The fourth-order valence-electron chi connectivity index (χ4n) is 1.80. The molecule has 1 aliphatic rings. The van der Waals surface area contributed by atoms with Crippen LogP contribution in [0.3, 0.4) is 0 Å². The van der Waals surface area contributed by atoms with Crippen LogP contribution in [-0.4, -0.2) is 22.5 Å². The Balaban J connectivity index is 2.12. The van der Waals surface area contributed by atoms with Crippen molar-refractivity contribution in [3.05, 3.63) is 32.8 Å². The summed E-state index contributed by atoms with van der Waals surface area (Å²) in [6.45, 7) is 2.22. The Hall–Kier alpha value is -0.750. The van der Waals surface area contributed by atoms with Crippen molar-refractivity contribution < 1.29 is 4.92 Å². The number of hydrogen-bond donors (Lipinski definition) is 1. The van der Waals surface area contributed by atoms with Gasteiger partial charge in [0.15, 0.2) is 0 Å². The van der Waals surface area contributed by atoms with Crippen LogP contribution in [0.25, 0.3) is 0 Å². The first-order valence-electron chi connectivity index (χ1n) is 5.36. The highest BCUT2D eigenvalue weighted by Crippen LogP contribution is 2.31. The van der Waals surface area contributed by atoms with Gasteiger partial charge in [0.25, 0.3) is 5.69 Å². The minimum atomic E-state index is -0.387. The molecule has 1 heterocycles. The summed E-state index contributed by atoms with van der Waals surface area (Å²) in [6, 6.07) is 5.51. The van der Waals surface area contributed by atoms with Crippen LogP contribution in [0.1, 0.15) is 6.92 Å². The van der Waals surface area contributed by atoms with Gasteiger partial charge in [0.1, 0.15) is 0 Å². The van der Waals surface area contributed by atoms with E-state index >= 15 is 0 Å². The second-order valence-electron chi connectivity index (χ2n) is 4.19. The van der Waals surface area contributed by atoms with Crippen LogP contribution in [0.5, 0.6) is 0 Å². The summed E-state index contributed by atoms with van der Waals surface area (Å²) < 4.78 is 0.519. The topological polar surface area (TPSA) is 55.2 Å². The van der Waals surface area contributed by atoms with Crippen LogP contribution < -0.4 is 5.32 Å². The third-order valence-corrected chi connectivity index (χ3v) is 4.85. The summed E-state index contributed by atoms with van der Waals surface area (Å²) in [5.74, 6) is 2.90. The van der Waals surface area contributed by atoms with E-state index in [4.69, 9.17) is 0 Å². The van der Waals surface area contributed by atoms with Gasteiger partial charge in [0.2, 0.25) is 0 Å². The molecule has 1 N–H and O–H groups in total. The molecule has 1 aromatic rings. The SMILES string of the molecule is CC1CSCC1Nc1ccc([N+](=O)[O-])c(Br)c1. The molecule has 0 bridgehead atoms. The number of benzene rings is 1. The standard InChI is InChI=1S/C11H13BrN2O2S/c1-7-5-17-6-10(7)13-8-2-3-11(14(15)16)9(12)4-8/h2-4,7,10,13H,5-6H2,1H3. The summed E-state index contributed by atoms with van der Waals surface area (Å²) in [4.78, 5) is 10.3. The number of rotatable bonds is 3. The maximum absolute atomic E-state index is 10.7. The van der Waals surface area contributed by atoms with Crippen molar-refractivity contribution in [3.8, 4) is 0 Å². The molecule has 2 atom stereocenters. The largest absolute Gasteiger partial charge is 0.381 e. The maximum atomic E-state index is 10.7. The van der Waals surface area contributed by atoms with E-state index in [1.807, 2.05) is 11.8 Å². The lowest BCUT2D eigenvalue weighted by Gasteiger charge is -2.17. The van der Waals surface area contributed by atoms with Gasteiger partial charge in [-0.2, -0.15) is 11.8 Å². The Bertz CT molecular complexity index is 441. The van der Waals surface area contributed by atoms with Gasteiger partial charge in [-0.25, -0.2) is 0 Å². The number of anilines is 1. The third kappa shape index (κ3) is 2.93. The first kappa shape index (κ1) is 12.7. The summed E-state index contributed by atoms with van der Waals surface area (Å²) in [5, 5.41) is 14.1. The minimum Gasteiger partial charge on any atom is -0.381 e. The first-order chi connectivity index (χ1) is 8.08. The molecule has 17 heavy (non-hydrogen) atoms. The van der Waals surface area contributed by atoms with E-state index in [9.17, 15) is 10.1 Å². The fraction of sp³-hybridized carbons (Fsp3) is 0.455. The van der Waals surface area contributed by atoms with E-state index in [0.717, 1.165) is 11.4 Å². The highest BCUT2D eigenvalue weighted by atomic mass is 79.9. The van der Waals surface area contributed by atoms with E-state index in [1.165, 1.54) is 11.8 Å². The van der Waals surface area contributed by atoms with E-state index in [-0.39, 0.29) is 10.6 Å². The summed E-state index contributed by atoms with van der Waals surface area (Å²) in [7, 11) is 0. The molecule has 6 heteroatoms. The van der Waals surface area contributed by atoms with Crippen LogP contribution in [0.2, 0.25) is 0 Å². The van der Waals surface area contributed by atoms with Gasteiger partial charge in [-0.15, -0.1) is 0 Å². The average Bonchev–Trinajstić information content (AvgIpc) is 2.64. The predicted molar refractivity (Wildman–Crippen MR) is 74.7 cm³/mol. The lowest BCUT2D eigenvalue weighted by Crippen LogP contribution is -2.25. The van der Waals surface area contributed by atoms with Crippen molar-refractivity contribution in [1.29, 1.82) is 0 Å². The number of nitro benzene ring substituents is 1. The molecular weight excluding hydrogens is 304 g/mol. The fourth-order valence-corrected chi connectivity index (χ4v) is 3.73. The molecule has 4 nitrogen and oxygen atoms in total. The van der Waals surface area contributed by atoms with Crippen molar-refractivity contribution in [2.45, 2.75) is 13.0 Å². The maximum Gasteiger partial charge on any atom is 0.283 e. The van der Waals surface area contributed by atoms with E-state index in [1.54, 1.807) is 12.1 Å². The Morgan fingerprint density at radius 1 is 1.53 bits per heavy atom. The van der Waals surface area contributed by atoms with Gasteiger partial charge >= 0.3 is 0 Å². The average molecular weight is 317 g/mol. The Morgan fingerprint density at radius 3 is 2.82 bits per heavy atom. The zero-order valence-electron chi connectivity index (χ0n) is 9.35. The molecule has 2 rings (SSSR count). The van der Waals surface area contributed by atoms with E-state index < -0.39 is 0 Å². The van der Waals surface area contributed by atoms with E-state index in [2.05, 4.69) is 28.2 Å². The lowest BCUT2D eigenvalue weighted by atomic mass is 10.1. The molecule has 0 aliphatic carbocycles. The lowest BCUT2D eigenvalue weighted by molar-refractivity contribution is -0.385. The predicted octanol–water partition coefficient (Wildman–Crippen LogP) is 3.52. The second-order valence-corrected chi connectivity index (χ2v) is 6.12. The van der Waals surface area contributed by atoms with Crippen molar-refractivity contribution in [2.24, 2.45) is 5.92 Å². The van der Waals surface area contributed by atoms with Crippen molar-refractivity contribution >= 4 is 39.1 Å². The smallest absolute Gasteiger partial charge is 0.283 e. The number of nitrogens with zero attached hydrogens (tertiary/aromatic N) is 1. The number of halogens is 1. The Kier molecular flexibility index (Phi) is 3.93. The number of nitro groups is 1. The first-order valence-corrected chi connectivity index (χ1v) is 7.31. The van der Waals surface area contributed by atoms with Gasteiger partial charge < -0.3 is 5.32 Å². The van der Waals surface area contributed by atoms with Crippen molar-refractivity contribution in [3.63, 3.8) is 0 Å². The van der Waals surface area contributed by atoms with Crippen LogP contribution >= 0.6 is 27.7 Å². The van der Waals surface area contributed by atoms with Crippen LogP contribution in [0.15, 0.2) is 22.7 Å². The number of nitrogens with one attached hydrogen (secondary N) is 1. The monoisotopic (exact) mass is 316 g/mol. The van der Waals surface area contributed by atoms with Crippen LogP contribution in [0.4, 0.5) is 11.4 Å². The quantitative estimate of drug-likeness (QED) is 0.684. The molecule has 0 radical (unpaired) electrons. The normalized spacial score (nSPS) is 23.6. The van der Waals surface area contributed by atoms with Crippen molar-refractivity contribution in [2.75, 3.05) is 16.8 Å². The number of hydrogen-bond acceptors (Lipinski definition) is 4. The number of thioether (sulfide) groups is 1. The van der Waals surface area contributed by atoms with Crippen LogP contribution in [-0.2, 0) is 0 Å². The van der Waals surface area contributed by atoms with Crippen LogP contribution in [0, 0.1) is 16.0 Å². The summed E-state index contributed by atoms with van der Waals surface area (Å²) >= 11 is 5.16. The highest BCUT2D eigenvalue weighted by Gasteiger charge is 2.24.